The van der Waals surface area contributed by atoms with Gasteiger partial charge in [0.2, 0.25) is 6.79 Å². The molecule has 0 spiro atoms. The van der Waals surface area contributed by atoms with Crippen molar-refractivity contribution >= 4 is 6.09 Å². The fraction of sp³-hybridized carbons (Fsp3) is 0.406. The monoisotopic (exact) mass is 547 g/mol. The standard InChI is InChI=1S/C32H37NO7/c1-21-28(37-18-23-13-9-6-10-14-23)25-15-24(16-34)33(31(35)40-32(2,3)4)26(27(25)30-29(21)38-20-39-30)19-36-17-22-11-7-5-8-12-22/h5-14,24,26,34H,15-20H2,1-4H3. The Bertz CT molecular complexity index is 1320. The van der Waals surface area contributed by atoms with Crippen LogP contribution in [0.2, 0.25) is 0 Å². The molecule has 3 aromatic rings. The Morgan fingerprint density at radius 3 is 2.23 bits per heavy atom. The summed E-state index contributed by atoms with van der Waals surface area (Å²) >= 11 is 0. The highest BCUT2D eigenvalue weighted by atomic mass is 16.7. The second kappa shape index (κ2) is 11.8. The third-order valence-electron chi connectivity index (χ3n) is 7.07. The predicted octanol–water partition coefficient (Wildman–Crippen LogP) is 5.71. The molecule has 1 amide bonds. The first-order valence-corrected chi connectivity index (χ1v) is 13.6. The van der Waals surface area contributed by atoms with Crippen LogP contribution in [0, 0.1) is 6.92 Å². The van der Waals surface area contributed by atoms with Crippen LogP contribution in [0.15, 0.2) is 60.7 Å². The van der Waals surface area contributed by atoms with E-state index in [0.717, 1.165) is 27.8 Å². The van der Waals surface area contributed by atoms with Crippen LogP contribution in [-0.4, -0.2) is 47.7 Å². The molecule has 2 atom stereocenters. The molecule has 2 aliphatic rings. The van der Waals surface area contributed by atoms with E-state index in [2.05, 4.69) is 0 Å². The number of hydrogen-bond acceptors (Lipinski definition) is 7. The Labute approximate surface area is 235 Å². The topological polar surface area (TPSA) is 86.7 Å². The Kier molecular flexibility index (Phi) is 8.19. The lowest BCUT2D eigenvalue weighted by Gasteiger charge is -2.43. The maximum Gasteiger partial charge on any atom is 0.411 e. The van der Waals surface area contributed by atoms with E-state index >= 15 is 0 Å². The normalized spacial score (nSPS) is 17.9. The molecule has 0 saturated heterocycles. The van der Waals surface area contributed by atoms with Gasteiger partial charge in [0, 0.05) is 16.7 Å². The fourth-order valence-electron chi connectivity index (χ4n) is 5.32. The summed E-state index contributed by atoms with van der Waals surface area (Å²) in [6, 6.07) is 18.6. The summed E-state index contributed by atoms with van der Waals surface area (Å²) in [5.41, 5.74) is 3.80. The zero-order valence-corrected chi connectivity index (χ0v) is 23.5. The summed E-state index contributed by atoms with van der Waals surface area (Å²) < 4.78 is 30.4. The second-order valence-corrected chi connectivity index (χ2v) is 11.1. The van der Waals surface area contributed by atoms with Gasteiger partial charge >= 0.3 is 6.09 Å². The van der Waals surface area contributed by atoms with E-state index in [0.29, 0.717) is 36.9 Å². The van der Waals surface area contributed by atoms with Crippen molar-refractivity contribution in [2.75, 3.05) is 20.0 Å². The van der Waals surface area contributed by atoms with Crippen molar-refractivity contribution < 1.29 is 33.6 Å². The summed E-state index contributed by atoms with van der Waals surface area (Å²) in [6.45, 7) is 8.13. The van der Waals surface area contributed by atoms with Crippen molar-refractivity contribution in [2.45, 2.75) is 65.0 Å². The largest absolute Gasteiger partial charge is 0.488 e. The minimum Gasteiger partial charge on any atom is -0.488 e. The van der Waals surface area contributed by atoms with Gasteiger partial charge in [-0.3, -0.25) is 4.90 Å². The van der Waals surface area contributed by atoms with Gasteiger partial charge in [0.15, 0.2) is 11.5 Å². The Morgan fingerprint density at radius 1 is 0.975 bits per heavy atom. The molecular weight excluding hydrogens is 510 g/mol. The van der Waals surface area contributed by atoms with Crippen molar-refractivity contribution in [3.63, 3.8) is 0 Å². The van der Waals surface area contributed by atoms with E-state index in [1.165, 1.54) is 0 Å². The Hall–Kier alpha value is -3.75. The van der Waals surface area contributed by atoms with Crippen LogP contribution in [0.5, 0.6) is 17.2 Å². The number of aliphatic hydroxyl groups is 1. The molecule has 0 aliphatic carbocycles. The average Bonchev–Trinajstić information content (AvgIpc) is 3.43. The smallest absolute Gasteiger partial charge is 0.411 e. The Balaban J connectivity index is 1.57. The molecule has 2 heterocycles. The minimum atomic E-state index is -0.717. The van der Waals surface area contributed by atoms with E-state index in [9.17, 15) is 9.90 Å². The molecule has 0 bridgehead atoms. The van der Waals surface area contributed by atoms with Crippen LogP contribution in [-0.2, 0) is 29.1 Å². The van der Waals surface area contributed by atoms with Crippen molar-refractivity contribution in [1.29, 1.82) is 0 Å². The lowest BCUT2D eigenvalue weighted by molar-refractivity contribution is -0.0275. The third kappa shape index (κ3) is 5.88. The number of aliphatic hydroxyl groups excluding tert-OH is 1. The van der Waals surface area contributed by atoms with Gasteiger partial charge in [-0.15, -0.1) is 0 Å². The Morgan fingerprint density at radius 2 is 1.60 bits per heavy atom. The van der Waals surface area contributed by atoms with Gasteiger partial charge in [-0.05, 0) is 45.2 Å². The van der Waals surface area contributed by atoms with Gasteiger partial charge in [0.05, 0.1) is 31.9 Å². The maximum atomic E-state index is 13.6. The van der Waals surface area contributed by atoms with E-state index in [1.807, 2.05) is 88.4 Å². The van der Waals surface area contributed by atoms with Crippen molar-refractivity contribution in [3.05, 3.63) is 88.5 Å². The van der Waals surface area contributed by atoms with Crippen LogP contribution in [0.4, 0.5) is 4.79 Å². The third-order valence-corrected chi connectivity index (χ3v) is 7.07. The van der Waals surface area contributed by atoms with Gasteiger partial charge in [-0.25, -0.2) is 4.79 Å². The minimum absolute atomic E-state index is 0.0677. The molecule has 8 heteroatoms. The number of amides is 1. The van der Waals surface area contributed by atoms with E-state index in [4.69, 9.17) is 23.7 Å². The lowest BCUT2D eigenvalue weighted by Crippen LogP contribution is -2.52. The molecule has 212 valence electrons. The molecule has 2 unspecified atom stereocenters. The van der Waals surface area contributed by atoms with Crippen LogP contribution in [0.25, 0.3) is 0 Å². The summed E-state index contributed by atoms with van der Waals surface area (Å²) in [6.07, 6.45) is -0.160. The van der Waals surface area contributed by atoms with E-state index < -0.39 is 23.8 Å². The fourth-order valence-corrected chi connectivity index (χ4v) is 5.32. The lowest BCUT2D eigenvalue weighted by atomic mass is 9.85. The highest BCUT2D eigenvalue weighted by molar-refractivity contribution is 5.73. The highest BCUT2D eigenvalue weighted by Gasteiger charge is 2.45. The molecule has 1 N–H and O–H groups in total. The molecule has 2 aliphatic heterocycles. The zero-order valence-electron chi connectivity index (χ0n) is 23.5. The summed E-state index contributed by atoms with van der Waals surface area (Å²) in [5, 5.41) is 10.5. The molecular formula is C32H37NO7. The van der Waals surface area contributed by atoms with Crippen LogP contribution < -0.4 is 14.2 Å². The van der Waals surface area contributed by atoms with Crippen LogP contribution in [0.3, 0.4) is 0 Å². The summed E-state index contributed by atoms with van der Waals surface area (Å²) in [5.74, 6) is 1.86. The number of hydrogen-bond donors (Lipinski definition) is 1. The SMILES string of the molecule is Cc1c(OCc2ccccc2)c2c(c3c1OCO3)C(COCc1ccccc1)N(C(=O)OC(C)(C)C)C(CO)C2. The molecule has 40 heavy (non-hydrogen) atoms. The first kappa shape index (κ1) is 27.8. The molecule has 0 fully saturated rings. The van der Waals surface area contributed by atoms with Gasteiger partial charge in [-0.1, -0.05) is 60.7 Å². The van der Waals surface area contributed by atoms with Crippen molar-refractivity contribution in [3.8, 4) is 17.2 Å². The summed E-state index contributed by atoms with van der Waals surface area (Å²) in [7, 11) is 0. The first-order chi connectivity index (χ1) is 19.3. The zero-order chi connectivity index (χ0) is 28.3. The molecule has 0 aromatic heterocycles. The molecule has 0 radical (unpaired) electrons. The highest BCUT2D eigenvalue weighted by Crippen LogP contribution is 2.53. The van der Waals surface area contributed by atoms with Crippen LogP contribution >= 0.6 is 0 Å². The number of rotatable bonds is 8. The predicted molar refractivity (Wildman–Crippen MR) is 150 cm³/mol. The number of ether oxygens (including phenoxy) is 5. The van der Waals surface area contributed by atoms with Crippen molar-refractivity contribution in [2.24, 2.45) is 0 Å². The van der Waals surface area contributed by atoms with Crippen molar-refractivity contribution in [1.82, 2.24) is 4.90 Å². The summed E-state index contributed by atoms with van der Waals surface area (Å²) in [4.78, 5) is 15.2. The maximum absolute atomic E-state index is 13.6. The number of fused-ring (bicyclic) bond motifs is 3. The number of nitrogens with zero attached hydrogens (tertiary/aromatic N) is 1. The molecule has 0 saturated carbocycles. The van der Waals surface area contributed by atoms with Gasteiger partial charge in [0.1, 0.15) is 18.0 Å². The van der Waals surface area contributed by atoms with E-state index in [1.54, 1.807) is 4.90 Å². The van der Waals surface area contributed by atoms with Gasteiger partial charge < -0.3 is 28.8 Å². The van der Waals surface area contributed by atoms with E-state index in [-0.39, 0.29) is 20.0 Å². The van der Waals surface area contributed by atoms with Gasteiger partial charge in [-0.2, -0.15) is 0 Å². The van der Waals surface area contributed by atoms with Crippen LogP contribution in [0.1, 0.15) is 54.6 Å². The average molecular weight is 548 g/mol. The molecule has 3 aromatic carbocycles. The number of carbonyl (C=O) groups is 1. The molecule has 5 rings (SSSR count). The number of benzene rings is 3. The second-order valence-electron chi connectivity index (χ2n) is 11.1. The molecule has 8 nitrogen and oxygen atoms in total. The number of carbonyl (C=O) groups excluding carboxylic acids is 1. The quantitative estimate of drug-likeness (QED) is 0.386. The first-order valence-electron chi connectivity index (χ1n) is 13.6. The van der Waals surface area contributed by atoms with Gasteiger partial charge in [0.25, 0.3) is 0 Å².